The monoisotopic (exact) mass is 342 g/mol. The predicted octanol–water partition coefficient (Wildman–Crippen LogP) is 3.72. The Hall–Kier alpha value is -2.60. The van der Waals surface area contributed by atoms with E-state index in [2.05, 4.69) is 4.98 Å². The molecule has 1 saturated heterocycles. The van der Waals surface area contributed by atoms with E-state index in [1.54, 1.807) is 29.4 Å². The number of benzene rings is 1. The van der Waals surface area contributed by atoms with Crippen LogP contribution in [0.1, 0.15) is 29.1 Å². The molecule has 1 atom stereocenters. The van der Waals surface area contributed by atoms with Crippen molar-refractivity contribution in [2.24, 2.45) is 0 Å². The molecule has 1 amide bonds. The molecule has 3 heterocycles. The van der Waals surface area contributed by atoms with E-state index in [1.165, 1.54) is 12.1 Å². The fourth-order valence-electron chi connectivity index (χ4n) is 3.23. The molecule has 130 valence electrons. The topological polar surface area (TPSA) is 58.5 Å². The third kappa shape index (κ3) is 3.44. The molecule has 6 heteroatoms. The molecular weight excluding hydrogens is 323 g/mol. The summed E-state index contributed by atoms with van der Waals surface area (Å²) in [6.45, 7) is 1.61. The average Bonchev–Trinajstić information content (AvgIpc) is 3.34. The zero-order valence-electron chi connectivity index (χ0n) is 13.7. The highest BCUT2D eigenvalue weighted by Gasteiger charge is 2.25. The number of nitrogens with zero attached hydrogens (tertiary/aromatic N) is 1. The van der Waals surface area contributed by atoms with Gasteiger partial charge in [-0.2, -0.15) is 0 Å². The summed E-state index contributed by atoms with van der Waals surface area (Å²) >= 11 is 0. The highest BCUT2D eigenvalue weighted by Crippen LogP contribution is 2.21. The van der Waals surface area contributed by atoms with E-state index >= 15 is 0 Å². The molecule has 2 aromatic heterocycles. The van der Waals surface area contributed by atoms with Gasteiger partial charge in [0, 0.05) is 24.1 Å². The summed E-state index contributed by atoms with van der Waals surface area (Å²) in [5.74, 6) is 0.245. The van der Waals surface area contributed by atoms with Crippen molar-refractivity contribution in [2.75, 3.05) is 13.2 Å². The molecule has 0 bridgehead atoms. The Morgan fingerprint density at radius 3 is 3.00 bits per heavy atom. The van der Waals surface area contributed by atoms with E-state index in [9.17, 15) is 9.18 Å². The van der Waals surface area contributed by atoms with Crippen LogP contribution in [0.3, 0.4) is 0 Å². The molecule has 0 spiro atoms. The number of halogens is 1. The number of carbonyl (C=O) groups excluding carboxylic acids is 1. The molecule has 1 unspecified atom stereocenters. The van der Waals surface area contributed by atoms with Gasteiger partial charge in [-0.05, 0) is 49.2 Å². The number of furan rings is 1. The van der Waals surface area contributed by atoms with Gasteiger partial charge in [0.05, 0.1) is 18.9 Å². The zero-order chi connectivity index (χ0) is 17.2. The van der Waals surface area contributed by atoms with Crippen LogP contribution >= 0.6 is 0 Å². The number of nitrogens with one attached hydrogen (secondary N) is 1. The molecule has 1 aromatic carbocycles. The SMILES string of the molecule is O=C(c1cc2cc(F)ccc2[nH]1)N(Cc1ccco1)CC1CCCO1. The van der Waals surface area contributed by atoms with E-state index < -0.39 is 0 Å². The normalized spacial score (nSPS) is 17.2. The minimum Gasteiger partial charge on any atom is -0.467 e. The Bertz CT molecular complexity index is 866. The Morgan fingerprint density at radius 2 is 2.24 bits per heavy atom. The van der Waals surface area contributed by atoms with Crippen molar-refractivity contribution in [1.29, 1.82) is 0 Å². The van der Waals surface area contributed by atoms with E-state index in [0.29, 0.717) is 29.9 Å². The highest BCUT2D eigenvalue weighted by molar-refractivity contribution is 5.98. The van der Waals surface area contributed by atoms with Gasteiger partial charge in [0.25, 0.3) is 5.91 Å². The summed E-state index contributed by atoms with van der Waals surface area (Å²) in [5, 5.41) is 0.679. The maximum Gasteiger partial charge on any atom is 0.270 e. The Labute approximate surface area is 144 Å². The summed E-state index contributed by atoms with van der Waals surface area (Å²) in [7, 11) is 0. The summed E-state index contributed by atoms with van der Waals surface area (Å²) in [4.78, 5) is 17.8. The molecule has 0 aliphatic carbocycles. The van der Waals surface area contributed by atoms with Crippen LogP contribution in [0, 0.1) is 5.82 Å². The van der Waals surface area contributed by atoms with Crippen LogP contribution < -0.4 is 0 Å². The van der Waals surface area contributed by atoms with Gasteiger partial charge in [-0.3, -0.25) is 4.79 Å². The smallest absolute Gasteiger partial charge is 0.270 e. The Morgan fingerprint density at radius 1 is 1.32 bits per heavy atom. The van der Waals surface area contributed by atoms with Gasteiger partial charge < -0.3 is 19.0 Å². The van der Waals surface area contributed by atoms with E-state index in [0.717, 1.165) is 25.0 Å². The highest BCUT2D eigenvalue weighted by atomic mass is 19.1. The second-order valence-corrected chi connectivity index (χ2v) is 6.31. The van der Waals surface area contributed by atoms with Crippen LogP contribution in [0.4, 0.5) is 4.39 Å². The lowest BCUT2D eigenvalue weighted by molar-refractivity contribution is 0.0488. The van der Waals surface area contributed by atoms with Crippen molar-refractivity contribution in [3.8, 4) is 0 Å². The van der Waals surface area contributed by atoms with Crippen molar-refractivity contribution in [2.45, 2.75) is 25.5 Å². The van der Waals surface area contributed by atoms with Gasteiger partial charge in [0.1, 0.15) is 17.3 Å². The Kier molecular flexibility index (Phi) is 4.28. The van der Waals surface area contributed by atoms with Crippen LogP contribution in [0.25, 0.3) is 10.9 Å². The van der Waals surface area contributed by atoms with Crippen molar-refractivity contribution in [3.63, 3.8) is 0 Å². The van der Waals surface area contributed by atoms with Crippen LogP contribution in [0.5, 0.6) is 0 Å². The summed E-state index contributed by atoms with van der Waals surface area (Å²) in [5.41, 5.74) is 1.17. The lowest BCUT2D eigenvalue weighted by atomic mass is 10.2. The second kappa shape index (κ2) is 6.72. The largest absolute Gasteiger partial charge is 0.467 e. The third-order valence-corrected chi connectivity index (χ3v) is 4.48. The minimum atomic E-state index is -0.322. The zero-order valence-corrected chi connectivity index (χ0v) is 13.7. The molecule has 1 aliphatic rings. The molecule has 1 N–H and O–H groups in total. The lowest BCUT2D eigenvalue weighted by Crippen LogP contribution is -2.37. The molecule has 3 aromatic rings. The number of carbonyl (C=O) groups is 1. The van der Waals surface area contributed by atoms with Gasteiger partial charge in [0.2, 0.25) is 0 Å². The van der Waals surface area contributed by atoms with E-state index in [4.69, 9.17) is 9.15 Å². The van der Waals surface area contributed by atoms with Gasteiger partial charge in [-0.1, -0.05) is 0 Å². The van der Waals surface area contributed by atoms with Crippen LogP contribution in [-0.4, -0.2) is 35.0 Å². The first kappa shape index (κ1) is 15.9. The van der Waals surface area contributed by atoms with Crippen LogP contribution in [0.2, 0.25) is 0 Å². The number of fused-ring (bicyclic) bond motifs is 1. The summed E-state index contributed by atoms with van der Waals surface area (Å²) < 4.78 is 24.5. The Balaban J connectivity index is 1.60. The quantitative estimate of drug-likeness (QED) is 0.769. The molecule has 1 fully saturated rings. The third-order valence-electron chi connectivity index (χ3n) is 4.48. The molecule has 1 aliphatic heterocycles. The molecule has 25 heavy (non-hydrogen) atoms. The van der Waals surface area contributed by atoms with Crippen LogP contribution in [0.15, 0.2) is 47.1 Å². The number of aromatic nitrogens is 1. The first-order valence-electron chi connectivity index (χ1n) is 8.40. The standard InChI is InChI=1S/C19H19FN2O3/c20-14-5-6-17-13(9-14)10-18(21-17)19(23)22(11-15-3-1-7-24-15)12-16-4-2-8-25-16/h1,3,5-7,9-10,16,21H,2,4,8,11-12H2. The summed E-state index contributed by atoms with van der Waals surface area (Å²) in [6, 6.07) is 9.76. The van der Waals surface area contributed by atoms with Crippen molar-refractivity contribution in [3.05, 3.63) is 59.9 Å². The van der Waals surface area contributed by atoms with Gasteiger partial charge in [-0.25, -0.2) is 4.39 Å². The predicted molar refractivity (Wildman–Crippen MR) is 90.7 cm³/mol. The van der Waals surface area contributed by atoms with Crippen molar-refractivity contribution in [1.82, 2.24) is 9.88 Å². The number of H-pyrrole nitrogens is 1. The number of ether oxygens (including phenoxy) is 1. The van der Waals surface area contributed by atoms with Gasteiger partial charge >= 0.3 is 0 Å². The second-order valence-electron chi connectivity index (χ2n) is 6.31. The lowest BCUT2D eigenvalue weighted by Gasteiger charge is -2.24. The van der Waals surface area contributed by atoms with Gasteiger partial charge in [-0.15, -0.1) is 0 Å². The maximum atomic E-state index is 13.4. The first-order chi connectivity index (χ1) is 12.2. The fourth-order valence-corrected chi connectivity index (χ4v) is 3.23. The molecule has 0 saturated carbocycles. The molecule has 0 radical (unpaired) electrons. The number of rotatable bonds is 5. The number of aromatic amines is 1. The number of hydrogen-bond donors (Lipinski definition) is 1. The molecule has 5 nitrogen and oxygen atoms in total. The fraction of sp³-hybridized carbons (Fsp3) is 0.316. The van der Waals surface area contributed by atoms with Crippen molar-refractivity contribution >= 4 is 16.8 Å². The van der Waals surface area contributed by atoms with E-state index in [-0.39, 0.29) is 17.8 Å². The minimum absolute atomic E-state index is 0.0423. The summed E-state index contributed by atoms with van der Waals surface area (Å²) in [6.07, 6.45) is 3.59. The average molecular weight is 342 g/mol. The number of amides is 1. The first-order valence-corrected chi connectivity index (χ1v) is 8.40. The molecular formula is C19H19FN2O3. The number of hydrogen-bond acceptors (Lipinski definition) is 3. The molecule has 4 rings (SSSR count). The van der Waals surface area contributed by atoms with Gasteiger partial charge in [0.15, 0.2) is 0 Å². The maximum absolute atomic E-state index is 13.4. The van der Waals surface area contributed by atoms with Crippen molar-refractivity contribution < 1.29 is 18.3 Å². The van der Waals surface area contributed by atoms with Crippen LogP contribution in [-0.2, 0) is 11.3 Å². The van der Waals surface area contributed by atoms with E-state index in [1.807, 2.05) is 6.07 Å².